The third-order valence-corrected chi connectivity index (χ3v) is 5.81. The molecular weight excluding hydrogens is 368 g/mol. The smallest absolute Gasteiger partial charge is 0.149 e. The van der Waals surface area contributed by atoms with Crippen LogP contribution in [-0.4, -0.2) is 52.9 Å². The summed E-state index contributed by atoms with van der Waals surface area (Å²) in [6, 6.07) is 0. The summed E-state index contributed by atoms with van der Waals surface area (Å²) < 4.78 is 10.8. The van der Waals surface area contributed by atoms with Gasteiger partial charge in [0.2, 0.25) is 0 Å². The van der Waals surface area contributed by atoms with E-state index >= 15 is 0 Å². The van der Waals surface area contributed by atoms with Crippen LogP contribution in [0.15, 0.2) is 12.3 Å². The van der Waals surface area contributed by atoms with Crippen molar-refractivity contribution in [1.29, 1.82) is 0 Å². The summed E-state index contributed by atoms with van der Waals surface area (Å²) in [4.78, 5) is 0. The van der Waals surface area contributed by atoms with Gasteiger partial charge in [0.25, 0.3) is 0 Å². The van der Waals surface area contributed by atoms with Gasteiger partial charge in [-0.1, -0.05) is 90.4 Å². The molecule has 0 aromatic heterocycles. The van der Waals surface area contributed by atoms with Gasteiger partial charge in [0.15, 0.2) is 0 Å². The molecule has 0 amide bonds. The van der Waals surface area contributed by atoms with Gasteiger partial charge in [-0.3, -0.25) is 0 Å². The second-order valence-corrected chi connectivity index (χ2v) is 8.47. The fraction of sp³-hybridized carbons (Fsp3) is 0.917. The molecule has 0 aromatic carbocycles. The van der Waals surface area contributed by atoms with Crippen LogP contribution >= 0.6 is 0 Å². The molecule has 172 valence electrons. The number of hydrogen-bond donors (Lipinski definition) is 3. The van der Waals surface area contributed by atoms with Crippen LogP contribution in [0, 0.1) is 0 Å². The van der Waals surface area contributed by atoms with Crippen LogP contribution in [0.2, 0.25) is 0 Å². The van der Waals surface area contributed by atoms with Crippen LogP contribution in [0.4, 0.5) is 0 Å². The van der Waals surface area contributed by atoms with Gasteiger partial charge in [0.1, 0.15) is 24.4 Å². The van der Waals surface area contributed by atoms with Crippen LogP contribution in [-0.2, 0) is 9.47 Å². The van der Waals surface area contributed by atoms with Crippen molar-refractivity contribution in [3.05, 3.63) is 12.3 Å². The highest BCUT2D eigenvalue weighted by molar-refractivity contribution is 4.90. The maximum Gasteiger partial charge on any atom is 0.149 e. The Morgan fingerprint density at radius 3 is 1.93 bits per heavy atom. The summed E-state index contributed by atoms with van der Waals surface area (Å²) in [7, 11) is 0. The molecule has 1 fully saturated rings. The summed E-state index contributed by atoms with van der Waals surface area (Å²) in [5.74, 6) is 0. The van der Waals surface area contributed by atoms with Crippen molar-refractivity contribution in [2.24, 2.45) is 0 Å². The first kappa shape index (κ1) is 26.4. The quantitative estimate of drug-likeness (QED) is 0.208. The fourth-order valence-corrected chi connectivity index (χ4v) is 3.86. The van der Waals surface area contributed by atoms with E-state index in [4.69, 9.17) is 14.6 Å². The van der Waals surface area contributed by atoms with Crippen molar-refractivity contribution in [1.82, 2.24) is 0 Å². The van der Waals surface area contributed by atoms with E-state index in [1.54, 1.807) is 6.26 Å². The van der Waals surface area contributed by atoms with E-state index in [1.165, 1.54) is 83.5 Å². The summed E-state index contributed by atoms with van der Waals surface area (Å²) in [6.45, 7) is 2.07. The Bertz CT molecular complexity index is 387. The molecule has 0 spiro atoms. The maximum atomic E-state index is 10.0. The average molecular weight is 415 g/mol. The van der Waals surface area contributed by atoms with E-state index in [0.717, 1.165) is 12.8 Å². The number of rotatable bonds is 19. The van der Waals surface area contributed by atoms with Crippen LogP contribution in [0.25, 0.3) is 0 Å². The highest BCUT2D eigenvalue weighted by atomic mass is 16.6. The normalized spacial score (nSPS) is 23.1. The lowest BCUT2D eigenvalue weighted by Crippen LogP contribution is -2.40. The highest BCUT2D eigenvalue weighted by Gasteiger charge is 2.40. The molecule has 0 aliphatic carbocycles. The van der Waals surface area contributed by atoms with E-state index in [2.05, 4.69) is 6.92 Å². The van der Waals surface area contributed by atoms with Crippen LogP contribution in [0.1, 0.15) is 103 Å². The molecule has 4 atom stereocenters. The molecule has 0 aromatic rings. The zero-order chi connectivity index (χ0) is 21.2. The first-order valence-electron chi connectivity index (χ1n) is 12.1. The lowest BCUT2D eigenvalue weighted by Gasteiger charge is -2.20. The van der Waals surface area contributed by atoms with Crippen LogP contribution < -0.4 is 0 Å². The van der Waals surface area contributed by atoms with Gasteiger partial charge in [-0.25, -0.2) is 0 Å². The van der Waals surface area contributed by atoms with Gasteiger partial charge in [0.05, 0.1) is 19.5 Å². The zero-order valence-corrected chi connectivity index (χ0v) is 18.6. The molecule has 1 rings (SSSR count). The molecule has 29 heavy (non-hydrogen) atoms. The molecule has 5 heteroatoms. The molecule has 0 unspecified atom stereocenters. The zero-order valence-electron chi connectivity index (χ0n) is 18.6. The van der Waals surface area contributed by atoms with E-state index in [1.807, 2.05) is 6.08 Å². The molecule has 3 N–H and O–H groups in total. The number of aliphatic hydroxyl groups excluding tert-OH is 3. The van der Waals surface area contributed by atoms with Gasteiger partial charge in [-0.15, -0.1) is 0 Å². The topological polar surface area (TPSA) is 79.2 Å². The number of ether oxygens (including phenoxy) is 2. The van der Waals surface area contributed by atoms with E-state index in [-0.39, 0.29) is 6.61 Å². The molecular formula is C24H46O5. The molecule has 5 nitrogen and oxygen atoms in total. The standard InChI is InChI=1S/C24H46O5/c1-2-3-4-5-6-7-8-9-10-11-12-13-14-15-16-17-18-28-22-20-29-24(23(22)27)21(26)19-25/h17-18,21-27H,2-16,19-20H2,1H3/b18-17+/t21-,22+,23+,24+/m0/s1. The summed E-state index contributed by atoms with van der Waals surface area (Å²) in [5.41, 5.74) is 0. The fourth-order valence-electron chi connectivity index (χ4n) is 3.86. The largest absolute Gasteiger partial charge is 0.493 e. The third kappa shape index (κ3) is 12.6. The monoisotopic (exact) mass is 414 g/mol. The Hall–Kier alpha value is -0.620. The Balaban J connectivity index is 1.84. The Morgan fingerprint density at radius 1 is 0.897 bits per heavy atom. The Morgan fingerprint density at radius 2 is 1.41 bits per heavy atom. The second kappa shape index (κ2) is 18.2. The Kier molecular flexibility index (Phi) is 16.6. The molecule has 0 saturated carbocycles. The first-order valence-corrected chi connectivity index (χ1v) is 12.1. The molecule has 1 aliphatic rings. The van der Waals surface area contributed by atoms with E-state index < -0.39 is 31.0 Å². The third-order valence-electron chi connectivity index (χ3n) is 5.81. The van der Waals surface area contributed by atoms with Crippen molar-refractivity contribution < 1.29 is 24.8 Å². The molecule has 0 radical (unpaired) electrons. The average Bonchev–Trinajstić information content (AvgIpc) is 3.10. The second-order valence-electron chi connectivity index (χ2n) is 8.47. The minimum atomic E-state index is -1.07. The summed E-state index contributed by atoms with van der Waals surface area (Å²) in [6.07, 6.45) is 20.4. The molecule has 0 bridgehead atoms. The van der Waals surface area contributed by atoms with Crippen molar-refractivity contribution in [3.63, 3.8) is 0 Å². The van der Waals surface area contributed by atoms with Crippen molar-refractivity contribution in [2.45, 2.75) is 128 Å². The summed E-state index contributed by atoms with van der Waals surface area (Å²) >= 11 is 0. The predicted molar refractivity (Wildman–Crippen MR) is 118 cm³/mol. The van der Waals surface area contributed by atoms with Gasteiger partial charge in [-0.05, 0) is 18.9 Å². The molecule has 1 saturated heterocycles. The van der Waals surface area contributed by atoms with Gasteiger partial charge in [-0.2, -0.15) is 0 Å². The molecule has 1 heterocycles. The lowest BCUT2D eigenvalue weighted by molar-refractivity contribution is -0.0689. The van der Waals surface area contributed by atoms with Crippen LogP contribution in [0.5, 0.6) is 0 Å². The Labute approximate surface area is 178 Å². The van der Waals surface area contributed by atoms with E-state index in [9.17, 15) is 10.2 Å². The predicted octanol–water partition coefficient (Wildman–Crippen LogP) is 4.87. The van der Waals surface area contributed by atoms with Gasteiger partial charge in [0, 0.05) is 0 Å². The maximum absolute atomic E-state index is 10.0. The van der Waals surface area contributed by atoms with Crippen molar-refractivity contribution >= 4 is 0 Å². The summed E-state index contributed by atoms with van der Waals surface area (Å²) in [5, 5.41) is 28.5. The minimum absolute atomic E-state index is 0.228. The number of aliphatic hydroxyl groups is 3. The molecule has 1 aliphatic heterocycles. The van der Waals surface area contributed by atoms with Crippen LogP contribution in [0.3, 0.4) is 0 Å². The van der Waals surface area contributed by atoms with Crippen molar-refractivity contribution in [2.75, 3.05) is 13.2 Å². The first-order chi connectivity index (χ1) is 14.2. The van der Waals surface area contributed by atoms with Gasteiger partial charge < -0.3 is 24.8 Å². The SMILES string of the molecule is CCCCCCCCCCCCCCCC/C=C/O[C@@H]1CO[C@H]([C@@H](O)CO)[C@@H]1O. The number of hydrogen-bond acceptors (Lipinski definition) is 5. The lowest BCUT2D eigenvalue weighted by atomic mass is 10.0. The van der Waals surface area contributed by atoms with E-state index in [0.29, 0.717) is 0 Å². The minimum Gasteiger partial charge on any atom is -0.493 e. The van der Waals surface area contributed by atoms with Crippen molar-refractivity contribution in [3.8, 4) is 0 Å². The number of unbranched alkanes of at least 4 members (excludes halogenated alkanes) is 14. The number of allylic oxidation sites excluding steroid dienone is 1. The highest BCUT2D eigenvalue weighted by Crippen LogP contribution is 2.20. The van der Waals surface area contributed by atoms with Gasteiger partial charge >= 0.3 is 0 Å².